The fraction of sp³-hybridized carbons (Fsp3) is 0.458. The molecule has 9 heteroatoms. The maximum absolute atomic E-state index is 13.3. The normalized spacial score (nSPS) is 18.0. The fourth-order valence-corrected chi connectivity index (χ4v) is 5.71. The molecule has 2 fully saturated rings. The summed E-state index contributed by atoms with van der Waals surface area (Å²) in [7, 11) is -2.14. The van der Waals surface area contributed by atoms with E-state index >= 15 is 0 Å². The highest BCUT2D eigenvalue weighted by Crippen LogP contribution is 2.28. The number of nitrogens with one attached hydrogen (secondary N) is 2. The maximum atomic E-state index is 13.3. The number of morpholine rings is 1. The second-order valence-corrected chi connectivity index (χ2v) is 10.3. The average molecular weight is 474 g/mol. The van der Waals surface area contributed by atoms with Crippen LogP contribution in [0.4, 0.5) is 11.4 Å². The molecule has 0 unspecified atom stereocenters. The molecule has 1 saturated heterocycles. The number of hydrogen-bond acceptors (Lipinski definition) is 6. The first-order valence-electron chi connectivity index (χ1n) is 11.4. The summed E-state index contributed by atoms with van der Waals surface area (Å²) in [5.74, 6) is 0.323. The quantitative estimate of drug-likeness (QED) is 0.636. The van der Waals surface area contributed by atoms with Gasteiger partial charge in [0.15, 0.2) is 0 Å². The van der Waals surface area contributed by atoms with E-state index in [2.05, 4.69) is 10.6 Å². The number of nitrogens with zero attached hydrogens (tertiary/aromatic N) is 1. The number of carbonyl (C=O) groups excluding carboxylic acids is 1. The third-order valence-electron chi connectivity index (χ3n) is 6.16. The molecule has 0 atom stereocenters. The Labute approximate surface area is 195 Å². The van der Waals surface area contributed by atoms with Crippen molar-refractivity contribution >= 4 is 27.3 Å². The van der Waals surface area contributed by atoms with E-state index < -0.39 is 10.0 Å². The van der Waals surface area contributed by atoms with Gasteiger partial charge in [0.1, 0.15) is 5.75 Å². The predicted molar refractivity (Wildman–Crippen MR) is 127 cm³/mol. The maximum Gasteiger partial charge on any atom is 0.257 e. The molecule has 2 aliphatic rings. The molecule has 0 spiro atoms. The SMILES string of the molecule is COc1ccc(NC(=O)c2cc(S(=O)(=O)N3CCOCC3)ccc2NC2CCCCC2)cc1. The Morgan fingerprint density at radius 2 is 1.73 bits per heavy atom. The Hall–Kier alpha value is -2.62. The van der Waals surface area contributed by atoms with Crippen LogP contribution in [0.5, 0.6) is 5.75 Å². The second kappa shape index (κ2) is 10.5. The lowest BCUT2D eigenvalue weighted by Gasteiger charge is -2.27. The minimum Gasteiger partial charge on any atom is -0.497 e. The minimum atomic E-state index is -3.72. The molecule has 1 saturated carbocycles. The fourth-order valence-electron chi connectivity index (χ4n) is 4.27. The molecule has 33 heavy (non-hydrogen) atoms. The Bertz CT molecular complexity index is 1060. The highest BCUT2D eigenvalue weighted by Gasteiger charge is 2.28. The number of rotatable bonds is 7. The lowest BCUT2D eigenvalue weighted by Crippen LogP contribution is -2.40. The summed E-state index contributed by atoms with van der Waals surface area (Å²) in [5, 5.41) is 6.37. The first-order chi connectivity index (χ1) is 16.0. The molecular formula is C24H31N3O5S. The van der Waals surface area contributed by atoms with Gasteiger partial charge in [-0.25, -0.2) is 8.42 Å². The molecule has 4 rings (SSSR count). The predicted octanol–water partition coefficient (Wildman–Crippen LogP) is 3.71. The summed E-state index contributed by atoms with van der Waals surface area (Å²) >= 11 is 0. The van der Waals surface area contributed by atoms with Crippen LogP contribution in [0.2, 0.25) is 0 Å². The van der Waals surface area contributed by atoms with Gasteiger partial charge in [0.05, 0.1) is 30.8 Å². The molecule has 0 radical (unpaired) electrons. The van der Waals surface area contributed by atoms with E-state index in [4.69, 9.17) is 9.47 Å². The van der Waals surface area contributed by atoms with Crippen molar-refractivity contribution in [2.24, 2.45) is 0 Å². The molecule has 178 valence electrons. The molecule has 8 nitrogen and oxygen atoms in total. The first kappa shape index (κ1) is 23.5. The van der Waals surface area contributed by atoms with E-state index in [0.717, 1.165) is 25.7 Å². The van der Waals surface area contributed by atoms with Crippen molar-refractivity contribution in [3.8, 4) is 5.75 Å². The van der Waals surface area contributed by atoms with Gasteiger partial charge in [-0.2, -0.15) is 4.31 Å². The molecular weight excluding hydrogens is 442 g/mol. The minimum absolute atomic E-state index is 0.110. The van der Waals surface area contributed by atoms with Crippen LogP contribution in [-0.4, -0.2) is 58.1 Å². The number of ether oxygens (including phenoxy) is 2. The number of hydrogen-bond donors (Lipinski definition) is 2. The van der Waals surface area contributed by atoms with Crippen molar-refractivity contribution in [2.75, 3.05) is 44.0 Å². The first-order valence-corrected chi connectivity index (χ1v) is 12.9. The molecule has 2 N–H and O–H groups in total. The van der Waals surface area contributed by atoms with Crippen LogP contribution >= 0.6 is 0 Å². The van der Waals surface area contributed by atoms with Crippen LogP contribution in [0.15, 0.2) is 47.4 Å². The van der Waals surface area contributed by atoms with Crippen molar-refractivity contribution in [3.05, 3.63) is 48.0 Å². The van der Waals surface area contributed by atoms with Gasteiger partial charge in [-0.1, -0.05) is 19.3 Å². The van der Waals surface area contributed by atoms with Gasteiger partial charge in [-0.15, -0.1) is 0 Å². The molecule has 2 aromatic rings. The number of sulfonamides is 1. The number of carbonyl (C=O) groups is 1. The van der Waals surface area contributed by atoms with Crippen molar-refractivity contribution in [2.45, 2.75) is 43.0 Å². The van der Waals surface area contributed by atoms with E-state index in [9.17, 15) is 13.2 Å². The van der Waals surface area contributed by atoms with Crippen LogP contribution in [0.1, 0.15) is 42.5 Å². The van der Waals surface area contributed by atoms with Crippen LogP contribution in [0, 0.1) is 0 Å². The van der Waals surface area contributed by atoms with Crippen LogP contribution in [-0.2, 0) is 14.8 Å². The van der Waals surface area contributed by atoms with E-state index in [-0.39, 0.29) is 16.8 Å². The van der Waals surface area contributed by atoms with Crippen molar-refractivity contribution < 1.29 is 22.7 Å². The number of anilines is 2. The Morgan fingerprint density at radius 1 is 1.03 bits per heavy atom. The van der Waals surface area contributed by atoms with Crippen LogP contribution < -0.4 is 15.4 Å². The zero-order chi connectivity index (χ0) is 23.3. The van der Waals surface area contributed by atoms with Gasteiger partial charge in [-0.3, -0.25) is 4.79 Å². The molecule has 1 aliphatic heterocycles. The average Bonchev–Trinajstić information content (AvgIpc) is 2.86. The van der Waals surface area contributed by atoms with Gasteiger partial charge in [0.2, 0.25) is 10.0 Å². The highest BCUT2D eigenvalue weighted by atomic mass is 32.2. The van der Waals surface area contributed by atoms with Gasteiger partial charge in [0.25, 0.3) is 5.91 Å². The lowest BCUT2D eigenvalue weighted by molar-refractivity contribution is 0.0730. The summed E-state index contributed by atoms with van der Waals surface area (Å²) in [4.78, 5) is 13.4. The number of amides is 1. The molecule has 2 aromatic carbocycles. The van der Waals surface area contributed by atoms with Crippen LogP contribution in [0.25, 0.3) is 0 Å². The van der Waals surface area contributed by atoms with Gasteiger partial charge >= 0.3 is 0 Å². The monoisotopic (exact) mass is 473 g/mol. The summed E-state index contributed by atoms with van der Waals surface area (Å²) in [6.45, 7) is 1.34. The standard InChI is InChI=1S/C24H31N3O5S/c1-31-20-9-7-19(8-10-20)26-24(28)22-17-21(33(29,30)27-13-15-32-16-14-27)11-12-23(22)25-18-5-3-2-4-6-18/h7-12,17-18,25H,2-6,13-16H2,1H3,(H,26,28). The van der Waals surface area contributed by atoms with E-state index in [1.807, 2.05) is 0 Å². The van der Waals surface area contributed by atoms with Gasteiger partial charge in [0, 0.05) is 30.5 Å². The summed E-state index contributed by atoms with van der Waals surface area (Å²) in [5.41, 5.74) is 1.56. The Balaban J connectivity index is 1.63. The number of benzene rings is 2. The lowest BCUT2D eigenvalue weighted by atomic mass is 9.95. The number of methoxy groups -OCH3 is 1. The third-order valence-corrected chi connectivity index (χ3v) is 8.05. The highest BCUT2D eigenvalue weighted by molar-refractivity contribution is 7.89. The van der Waals surface area contributed by atoms with Crippen LogP contribution in [0.3, 0.4) is 0 Å². The van der Waals surface area contributed by atoms with Gasteiger partial charge < -0.3 is 20.1 Å². The molecule has 1 amide bonds. The second-order valence-electron chi connectivity index (χ2n) is 8.39. The molecule has 1 aliphatic carbocycles. The molecule has 0 bridgehead atoms. The third kappa shape index (κ3) is 5.66. The van der Waals surface area contributed by atoms with Crippen molar-refractivity contribution in [1.29, 1.82) is 0 Å². The summed E-state index contributed by atoms with van der Waals surface area (Å²) in [6, 6.07) is 12.1. The Morgan fingerprint density at radius 3 is 2.39 bits per heavy atom. The topological polar surface area (TPSA) is 97.0 Å². The van der Waals surface area contributed by atoms with E-state index in [0.29, 0.717) is 49.0 Å². The zero-order valence-corrected chi connectivity index (χ0v) is 19.7. The Kier molecular flexibility index (Phi) is 7.52. The summed E-state index contributed by atoms with van der Waals surface area (Å²) in [6.07, 6.45) is 5.59. The van der Waals surface area contributed by atoms with Crippen molar-refractivity contribution in [3.63, 3.8) is 0 Å². The summed E-state index contributed by atoms with van der Waals surface area (Å²) < 4.78 is 38.3. The molecule has 1 heterocycles. The zero-order valence-electron chi connectivity index (χ0n) is 18.9. The van der Waals surface area contributed by atoms with E-state index in [1.165, 1.54) is 16.8 Å². The van der Waals surface area contributed by atoms with Gasteiger partial charge in [-0.05, 0) is 55.3 Å². The molecule has 0 aromatic heterocycles. The van der Waals surface area contributed by atoms with E-state index in [1.54, 1.807) is 43.5 Å². The van der Waals surface area contributed by atoms with Crippen molar-refractivity contribution in [1.82, 2.24) is 4.31 Å². The largest absolute Gasteiger partial charge is 0.497 e. The smallest absolute Gasteiger partial charge is 0.257 e.